The lowest BCUT2D eigenvalue weighted by Crippen LogP contribution is -2.30. The Morgan fingerprint density at radius 3 is 2.81 bits per heavy atom. The van der Waals surface area contributed by atoms with Crippen molar-refractivity contribution in [3.05, 3.63) is 34.9 Å². The van der Waals surface area contributed by atoms with Gasteiger partial charge in [-0.2, -0.15) is 0 Å². The van der Waals surface area contributed by atoms with Gasteiger partial charge in [0.1, 0.15) is 5.37 Å². The molecule has 1 aromatic rings. The Bertz CT molecular complexity index is 486. The minimum atomic E-state index is 0.226. The van der Waals surface area contributed by atoms with Crippen LogP contribution in [0, 0.1) is 13.8 Å². The summed E-state index contributed by atoms with van der Waals surface area (Å²) in [5.41, 5.74) is 3.90. The molecule has 0 aromatic heterocycles. The molecule has 2 nitrogen and oxygen atoms in total. The van der Waals surface area contributed by atoms with Crippen molar-refractivity contribution in [2.75, 3.05) is 12.3 Å². The molecule has 1 heterocycles. The number of unbranched alkanes of at least 4 members (excludes halogenated alkanes) is 3. The second-order valence-corrected chi connectivity index (χ2v) is 7.17. The number of rotatable bonds is 6. The first-order chi connectivity index (χ1) is 10.1. The molecule has 0 radical (unpaired) electrons. The number of thioether (sulfide) groups is 1. The Balaban J connectivity index is 2.01. The summed E-state index contributed by atoms with van der Waals surface area (Å²) in [5.74, 6) is 1.39. The van der Waals surface area contributed by atoms with Crippen molar-refractivity contribution in [2.24, 2.45) is 0 Å². The fraction of sp³-hybridized carbons (Fsp3) is 0.611. The average molecular weight is 305 g/mol. The van der Waals surface area contributed by atoms with Gasteiger partial charge in [-0.25, -0.2) is 0 Å². The molecule has 1 aliphatic rings. The van der Waals surface area contributed by atoms with Crippen LogP contribution < -0.4 is 0 Å². The van der Waals surface area contributed by atoms with Gasteiger partial charge in [-0.3, -0.25) is 4.79 Å². The molecule has 0 saturated carbocycles. The van der Waals surface area contributed by atoms with Crippen LogP contribution in [0.15, 0.2) is 18.2 Å². The van der Waals surface area contributed by atoms with Crippen LogP contribution >= 0.6 is 11.8 Å². The molecular weight excluding hydrogens is 278 g/mol. The number of hydrogen-bond acceptors (Lipinski definition) is 2. The van der Waals surface area contributed by atoms with E-state index in [0.29, 0.717) is 12.3 Å². The van der Waals surface area contributed by atoms with Gasteiger partial charge in [-0.1, -0.05) is 49.9 Å². The number of carbonyl (C=O) groups excluding carboxylic acids is 1. The number of aryl methyl sites for hydroxylation is 2. The molecule has 0 aliphatic carbocycles. The summed E-state index contributed by atoms with van der Waals surface area (Å²) in [6, 6.07) is 6.58. The third kappa shape index (κ3) is 4.26. The second kappa shape index (κ2) is 7.88. The van der Waals surface area contributed by atoms with Gasteiger partial charge < -0.3 is 4.90 Å². The van der Waals surface area contributed by atoms with E-state index in [1.165, 1.54) is 36.0 Å². The van der Waals surface area contributed by atoms with Crippen molar-refractivity contribution in [1.82, 2.24) is 4.90 Å². The Kier molecular flexibility index (Phi) is 6.16. The lowest BCUT2D eigenvalue weighted by molar-refractivity contribution is -0.131. The normalized spacial score (nSPS) is 18.2. The van der Waals surface area contributed by atoms with Gasteiger partial charge in [0.2, 0.25) is 5.91 Å². The topological polar surface area (TPSA) is 20.3 Å². The number of benzene rings is 1. The summed E-state index contributed by atoms with van der Waals surface area (Å²) in [4.78, 5) is 14.6. The molecule has 1 aromatic carbocycles. The molecule has 1 aliphatic heterocycles. The quantitative estimate of drug-likeness (QED) is 0.700. The Morgan fingerprint density at radius 2 is 2.10 bits per heavy atom. The van der Waals surface area contributed by atoms with Gasteiger partial charge >= 0.3 is 0 Å². The maximum absolute atomic E-state index is 12.5. The monoisotopic (exact) mass is 305 g/mol. The van der Waals surface area contributed by atoms with Crippen LogP contribution in [0.2, 0.25) is 0 Å². The molecule has 1 saturated heterocycles. The van der Waals surface area contributed by atoms with Crippen LogP contribution in [0.25, 0.3) is 0 Å². The molecular formula is C18H27NOS. The summed E-state index contributed by atoms with van der Waals surface area (Å²) in [6.45, 7) is 7.38. The standard InChI is InChI=1S/C18H27NOS/c1-4-5-6-7-8-17(20)19-11-12-21-18(19)16-10-9-14(2)13-15(16)3/h9-10,13,18H,4-8,11-12H2,1-3H3. The first-order valence-corrected chi connectivity index (χ1v) is 9.16. The van der Waals surface area contributed by atoms with Crippen LogP contribution in [0.4, 0.5) is 0 Å². The van der Waals surface area contributed by atoms with E-state index >= 15 is 0 Å². The minimum absolute atomic E-state index is 0.226. The van der Waals surface area contributed by atoms with Crippen molar-refractivity contribution in [2.45, 2.75) is 58.2 Å². The van der Waals surface area contributed by atoms with E-state index in [9.17, 15) is 4.79 Å². The number of carbonyl (C=O) groups is 1. The lowest BCUT2D eigenvalue weighted by Gasteiger charge is -2.25. The van der Waals surface area contributed by atoms with E-state index in [0.717, 1.165) is 18.7 Å². The zero-order valence-electron chi connectivity index (χ0n) is 13.5. The van der Waals surface area contributed by atoms with E-state index in [4.69, 9.17) is 0 Å². The fourth-order valence-corrected chi connectivity index (χ4v) is 4.30. The average Bonchev–Trinajstić information content (AvgIpc) is 2.92. The van der Waals surface area contributed by atoms with Gasteiger partial charge in [-0.15, -0.1) is 11.8 Å². The molecule has 116 valence electrons. The first-order valence-electron chi connectivity index (χ1n) is 8.11. The highest BCUT2D eigenvalue weighted by atomic mass is 32.2. The van der Waals surface area contributed by atoms with E-state index < -0.39 is 0 Å². The van der Waals surface area contributed by atoms with E-state index in [1.807, 2.05) is 11.8 Å². The molecule has 3 heteroatoms. The maximum Gasteiger partial charge on any atom is 0.223 e. The van der Waals surface area contributed by atoms with Crippen molar-refractivity contribution in [3.63, 3.8) is 0 Å². The van der Waals surface area contributed by atoms with Crippen LogP contribution in [-0.2, 0) is 4.79 Å². The smallest absolute Gasteiger partial charge is 0.223 e. The highest BCUT2D eigenvalue weighted by molar-refractivity contribution is 7.99. The first kappa shape index (κ1) is 16.4. The van der Waals surface area contributed by atoms with E-state index in [1.54, 1.807) is 0 Å². The molecule has 2 rings (SSSR count). The number of nitrogens with zero attached hydrogens (tertiary/aromatic N) is 1. The van der Waals surface area contributed by atoms with Crippen molar-refractivity contribution in [3.8, 4) is 0 Å². The Hall–Kier alpha value is -0.960. The highest BCUT2D eigenvalue weighted by Gasteiger charge is 2.30. The Morgan fingerprint density at radius 1 is 1.29 bits per heavy atom. The van der Waals surface area contributed by atoms with Gasteiger partial charge in [0, 0.05) is 18.7 Å². The van der Waals surface area contributed by atoms with Crippen molar-refractivity contribution >= 4 is 17.7 Å². The molecule has 0 bridgehead atoms. The van der Waals surface area contributed by atoms with Crippen LogP contribution in [0.1, 0.15) is 61.1 Å². The minimum Gasteiger partial charge on any atom is -0.326 e. The highest BCUT2D eigenvalue weighted by Crippen LogP contribution is 2.39. The largest absolute Gasteiger partial charge is 0.326 e. The fourth-order valence-electron chi connectivity index (χ4n) is 2.93. The zero-order chi connectivity index (χ0) is 15.2. The third-order valence-corrected chi connectivity index (χ3v) is 5.39. The molecule has 0 spiro atoms. The molecule has 0 N–H and O–H groups in total. The molecule has 21 heavy (non-hydrogen) atoms. The molecule has 1 amide bonds. The summed E-state index contributed by atoms with van der Waals surface area (Å²) >= 11 is 1.90. The summed E-state index contributed by atoms with van der Waals surface area (Å²) in [5, 5.41) is 0.226. The second-order valence-electron chi connectivity index (χ2n) is 5.98. The van der Waals surface area contributed by atoms with Crippen molar-refractivity contribution in [1.29, 1.82) is 0 Å². The van der Waals surface area contributed by atoms with Crippen LogP contribution in [0.3, 0.4) is 0 Å². The number of hydrogen-bond donors (Lipinski definition) is 0. The predicted octanol–water partition coefficient (Wildman–Crippen LogP) is 4.85. The van der Waals surface area contributed by atoms with Crippen LogP contribution in [-0.4, -0.2) is 23.1 Å². The van der Waals surface area contributed by atoms with E-state index in [-0.39, 0.29) is 5.37 Å². The summed E-state index contributed by atoms with van der Waals surface area (Å²) in [7, 11) is 0. The van der Waals surface area contributed by atoms with Gasteiger partial charge in [0.15, 0.2) is 0 Å². The van der Waals surface area contributed by atoms with Gasteiger partial charge in [0.05, 0.1) is 0 Å². The Labute approximate surface area is 133 Å². The maximum atomic E-state index is 12.5. The molecule has 1 atom stereocenters. The number of amides is 1. The third-order valence-electron chi connectivity index (χ3n) is 4.15. The van der Waals surface area contributed by atoms with Crippen LogP contribution in [0.5, 0.6) is 0 Å². The molecule has 1 unspecified atom stereocenters. The summed E-state index contributed by atoms with van der Waals surface area (Å²) < 4.78 is 0. The summed E-state index contributed by atoms with van der Waals surface area (Å²) in [6.07, 6.45) is 5.38. The van der Waals surface area contributed by atoms with Gasteiger partial charge in [0.25, 0.3) is 0 Å². The van der Waals surface area contributed by atoms with Crippen molar-refractivity contribution < 1.29 is 4.79 Å². The molecule has 1 fully saturated rings. The zero-order valence-corrected chi connectivity index (χ0v) is 14.3. The van der Waals surface area contributed by atoms with Gasteiger partial charge in [-0.05, 0) is 31.4 Å². The SMILES string of the molecule is CCCCCCC(=O)N1CCSC1c1ccc(C)cc1C. The predicted molar refractivity (Wildman–Crippen MR) is 91.6 cm³/mol. The van der Waals surface area contributed by atoms with E-state index in [2.05, 4.69) is 43.9 Å². The lowest BCUT2D eigenvalue weighted by atomic mass is 10.0.